The number of alkyl halides is 1. The van der Waals surface area contributed by atoms with E-state index in [-0.39, 0.29) is 11.6 Å². The van der Waals surface area contributed by atoms with Crippen LogP contribution in [0.1, 0.15) is 33.2 Å². The maximum absolute atomic E-state index is 12.0. The summed E-state index contributed by atoms with van der Waals surface area (Å²) in [6.45, 7) is 6.02. The highest BCUT2D eigenvalue weighted by Gasteiger charge is 2.11. The quantitative estimate of drug-likeness (QED) is 0.603. The summed E-state index contributed by atoms with van der Waals surface area (Å²) in [5, 5.41) is 0.884. The minimum atomic E-state index is -0.0103. The second-order valence-corrected chi connectivity index (χ2v) is 5.75. The molecule has 1 rings (SSSR count). The molecule has 16 heavy (non-hydrogen) atoms. The van der Waals surface area contributed by atoms with Crippen LogP contribution in [-0.2, 0) is 0 Å². The van der Waals surface area contributed by atoms with Gasteiger partial charge in [0, 0.05) is 29.6 Å². The number of hydrogen-bond acceptors (Lipinski definition) is 3. The van der Waals surface area contributed by atoms with Crippen LogP contribution in [-0.4, -0.2) is 20.7 Å². The molecule has 1 aromatic heterocycles. The zero-order valence-corrected chi connectivity index (χ0v) is 11.4. The molecule has 0 N–H and O–H groups in total. The van der Waals surface area contributed by atoms with E-state index in [0.717, 1.165) is 6.42 Å². The van der Waals surface area contributed by atoms with Gasteiger partial charge in [0.1, 0.15) is 0 Å². The molecule has 0 aliphatic rings. The third kappa shape index (κ3) is 3.52. The number of nitrogens with zero attached hydrogens (tertiary/aromatic N) is 2. The Morgan fingerprint density at radius 3 is 2.75 bits per heavy atom. The lowest BCUT2D eigenvalue weighted by Gasteiger charge is -2.12. The van der Waals surface area contributed by atoms with Gasteiger partial charge >= 0.3 is 0 Å². The molecule has 90 valence electrons. The molecule has 0 fully saturated rings. The molecule has 1 heterocycles. The first-order chi connectivity index (χ1) is 7.56. The van der Waals surface area contributed by atoms with Gasteiger partial charge in [-0.1, -0.05) is 18.7 Å². The summed E-state index contributed by atoms with van der Waals surface area (Å²) in [5.41, 5.74) is -0.0103. The van der Waals surface area contributed by atoms with Crippen LogP contribution in [0.25, 0.3) is 0 Å². The average Bonchev–Trinajstić information content (AvgIpc) is 2.21. The normalized spacial score (nSPS) is 13.1. The average molecular weight is 261 g/mol. The van der Waals surface area contributed by atoms with E-state index in [1.165, 1.54) is 11.8 Å². The summed E-state index contributed by atoms with van der Waals surface area (Å²) in [7, 11) is 0. The van der Waals surface area contributed by atoms with E-state index in [1.807, 2.05) is 13.8 Å². The zero-order valence-electron chi connectivity index (χ0n) is 9.81. The van der Waals surface area contributed by atoms with Crippen molar-refractivity contribution in [3.8, 4) is 0 Å². The fourth-order valence-electron chi connectivity index (χ4n) is 1.30. The number of thioether (sulfide) groups is 1. The lowest BCUT2D eigenvalue weighted by molar-refractivity contribution is 0.561. The molecule has 1 unspecified atom stereocenters. The van der Waals surface area contributed by atoms with E-state index in [2.05, 4.69) is 11.9 Å². The zero-order chi connectivity index (χ0) is 12.1. The Balaban J connectivity index is 2.89. The van der Waals surface area contributed by atoms with E-state index >= 15 is 0 Å². The highest BCUT2D eigenvalue weighted by Crippen LogP contribution is 2.20. The molecule has 1 atom stereocenters. The topological polar surface area (TPSA) is 34.9 Å². The molecular weight excluding hydrogens is 244 g/mol. The fraction of sp³-hybridized carbons (Fsp3) is 0.636. The number of aromatic nitrogens is 2. The smallest absolute Gasteiger partial charge is 0.283 e. The van der Waals surface area contributed by atoms with E-state index in [1.54, 1.807) is 17.0 Å². The van der Waals surface area contributed by atoms with Crippen LogP contribution in [0.3, 0.4) is 0 Å². The predicted octanol–water partition coefficient (Wildman–Crippen LogP) is 2.93. The van der Waals surface area contributed by atoms with E-state index in [0.29, 0.717) is 16.2 Å². The molecule has 0 aliphatic heterocycles. The second-order valence-electron chi connectivity index (χ2n) is 3.94. The molecular formula is C11H17ClN2OS. The summed E-state index contributed by atoms with van der Waals surface area (Å²) < 4.78 is 1.70. The molecule has 3 nitrogen and oxygen atoms in total. The van der Waals surface area contributed by atoms with Gasteiger partial charge in [-0.15, -0.1) is 11.6 Å². The van der Waals surface area contributed by atoms with Crippen molar-refractivity contribution in [3.05, 3.63) is 22.7 Å². The summed E-state index contributed by atoms with van der Waals surface area (Å²) in [5.74, 6) is 0.610. The number of hydrogen-bond donors (Lipinski definition) is 0. The third-order valence-corrected chi connectivity index (χ3v) is 3.58. The molecule has 5 heteroatoms. The van der Waals surface area contributed by atoms with Gasteiger partial charge in [0.2, 0.25) is 0 Å². The van der Waals surface area contributed by atoms with Crippen molar-refractivity contribution in [2.75, 3.05) is 5.88 Å². The molecule has 0 radical (unpaired) electrons. The van der Waals surface area contributed by atoms with Gasteiger partial charge in [-0.05, 0) is 20.3 Å². The third-order valence-electron chi connectivity index (χ3n) is 2.22. The molecule has 0 aromatic carbocycles. The molecule has 1 aromatic rings. The van der Waals surface area contributed by atoms with Gasteiger partial charge in [0.15, 0.2) is 5.03 Å². The van der Waals surface area contributed by atoms with Gasteiger partial charge in [-0.2, -0.15) is 0 Å². The van der Waals surface area contributed by atoms with Crippen LogP contribution in [0.5, 0.6) is 0 Å². The number of rotatable bonds is 5. The van der Waals surface area contributed by atoms with Crippen molar-refractivity contribution in [2.45, 2.75) is 43.5 Å². The summed E-state index contributed by atoms with van der Waals surface area (Å²) in [6, 6.07) is 0.165. The summed E-state index contributed by atoms with van der Waals surface area (Å²) in [4.78, 5) is 16.1. The SMILES string of the molecule is CC(CCCl)Sc1nccn(C(C)C)c1=O. The van der Waals surface area contributed by atoms with E-state index < -0.39 is 0 Å². The molecule has 0 bridgehead atoms. The number of halogens is 1. The molecule has 0 saturated heterocycles. The van der Waals surface area contributed by atoms with Crippen LogP contribution in [0.15, 0.2) is 22.2 Å². The van der Waals surface area contributed by atoms with Crippen molar-refractivity contribution < 1.29 is 0 Å². The van der Waals surface area contributed by atoms with Crippen molar-refractivity contribution >= 4 is 23.4 Å². The minimum absolute atomic E-state index is 0.0103. The second kappa shape index (κ2) is 6.30. The minimum Gasteiger partial charge on any atom is -0.309 e. The predicted molar refractivity (Wildman–Crippen MR) is 69.5 cm³/mol. The largest absolute Gasteiger partial charge is 0.309 e. The van der Waals surface area contributed by atoms with Crippen molar-refractivity contribution in [1.29, 1.82) is 0 Å². The van der Waals surface area contributed by atoms with Gasteiger partial charge in [0.25, 0.3) is 5.56 Å². The first-order valence-corrected chi connectivity index (χ1v) is 6.77. The lowest BCUT2D eigenvalue weighted by Crippen LogP contribution is -2.24. The van der Waals surface area contributed by atoms with Crippen LogP contribution in [0.2, 0.25) is 0 Å². The van der Waals surface area contributed by atoms with E-state index in [9.17, 15) is 4.79 Å². The van der Waals surface area contributed by atoms with Crippen LogP contribution in [0.4, 0.5) is 0 Å². The van der Waals surface area contributed by atoms with E-state index in [4.69, 9.17) is 11.6 Å². The highest BCUT2D eigenvalue weighted by atomic mass is 35.5. The Labute approximate surface area is 105 Å². The van der Waals surface area contributed by atoms with Crippen LogP contribution in [0, 0.1) is 0 Å². The maximum atomic E-state index is 12.0. The summed E-state index contributed by atoms with van der Waals surface area (Å²) >= 11 is 7.16. The lowest BCUT2D eigenvalue weighted by atomic mass is 10.4. The Kier molecular flexibility index (Phi) is 5.35. The molecule has 0 amide bonds. The monoisotopic (exact) mass is 260 g/mol. The van der Waals surface area contributed by atoms with Gasteiger partial charge in [0.05, 0.1) is 0 Å². The first-order valence-electron chi connectivity index (χ1n) is 5.36. The Morgan fingerprint density at radius 2 is 2.19 bits per heavy atom. The van der Waals surface area contributed by atoms with Crippen molar-refractivity contribution in [3.63, 3.8) is 0 Å². The Bertz CT molecular complexity index is 392. The van der Waals surface area contributed by atoms with Gasteiger partial charge in [-0.25, -0.2) is 4.98 Å². The fourth-order valence-corrected chi connectivity index (χ4v) is 2.70. The Morgan fingerprint density at radius 1 is 1.50 bits per heavy atom. The van der Waals surface area contributed by atoms with Crippen LogP contribution >= 0.6 is 23.4 Å². The first kappa shape index (κ1) is 13.6. The van der Waals surface area contributed by atoms with Crippen molar-refractivity contribution in [2.24, 2.45) is 0 Å². The summed E-state index contributed by atoms with van der Waals surface area (Å²) in [6.07, 6.45) is 4.28. The standard InChI is InChI=1S/C11H17ClN2OS/c1-8(2)14-7-6-13-10(11(14)15)16-9(3)4-5-12/h6-9H,4-5H2,1-3H3. The van der Waals surface area contributed by atoms with Gasteiger partial charge in [-0.3, -0.25) is 4.79 Å². The van der Waals surface area contributed by atoms with Crippen molar-refractivity contribution in [1.82, 2.24) is 9.55 Å². The molecule has 0 spiro atoms. The molecule has 0 aliphatic carbocycles. The highest BCUT2D eigenvalue weighted by molar-refractivity contribution is 7.99. The van der Waals surface area contributed by atoms with Crippen LogP contribution < -0.4 is 5.56 Å². The molecule has 0 saturated carbocycles. The van der Waals surface area contributed by atoms with Gasteiger partial charge < -0.3 is 4.57 Å². The maximum Gasteiger partial charge on any atom is 0.283 e. The Hall–Kier alpha value is -0.480.